The lowest BCUT2D eigenvalue weighted by molar-refractivity contribution is -0.166. The molecule has 0 aliphatic carbocycles. The summed E-state index contributed by atoms with van der Waals surface area (Å²) < 4.78 is 4.46. The van der Waals surface area contributed by atoms with Crippen molar-refractivity contribution >= 4 is 17.8 Å². The molecule has 21 heavy (non-hydrogen) atoms. The molecule has 1 saturated heterocycles. The Morgan fingerprint density at radius 3 is 2.67 bits per heavy atom. The molecule has 1 fully saturated rings. The molecule has 8 nitrogen and oxygen atoms in total. The summed E-state index contributed by atoms with van der Waals surface area (Å²) in [5.41, 5.74) is 11.2. The lowest BCUT2D eigenvalue weighted by atomic mass is 10.1. The zero-order valence-electron chi connectivity index (χ0n) is 12.0. The van der Waals surface area contributed by atoms with Crippen molar-refractivity contribution in [1.82, 2.24) is 4.90 Å². The minimum Gasteiger partial charge on any atom is -0.390 e. The van der Waals surface area contributed by atoms with E-state index < -0.39 is 30.6 Å². The second-order valence-electron chi connectivity index (χ2n) is 5.03. The first-order valence-corrected chi connectivity index (χ1v) is 7.12. The maximum absolute atomic E-state index is 12.2. The maximum Gasteiger partial charge on any atom is 0.339 e. The van der Waals surface area contributed by atoms with Crippen LogP contribution in [0.5, 0.6) is 0 Å². The van der Waals surface area contributed by atoms with E-state index >= 15 is 0 Å². The quantitative estimate of drug-likeness (QED) is 0.295. The zero-order chi connectivity index (χ0) is 15.8. The summed E-state index contributed by atoms with van der Waals surface area (Å²) in [5, 5.41) is 8.57. The van der Waals surface area contributed by atoms with E-state index in [1.54, 1.807) is 0 Å². The number of carbonyl (C=O) groups excluding carboxylic acids is 3. The number of amides is 1. The number of ether oxygens (including phenoxy) is 1. The predicted octanol–water partition coefficient (Wildman–Crippen LogP) is -1.50. The molecule has 5 N–H and O–H groups in total. The molecule has 1 amide bonds. The van der Waals surface area contributed by atoms with Crippen molar-refractivity contribution in [3.63, 3.8) is 0 Å². The first-order valence-electron chi connectivity index (χ1n) is 7.12. The van der Waals surface area contributed by atoms with E-state index in [2.05, 4.69) is 4.74 Å². The van der Waals surface area contributed by atoms with Crippen molar-refractivity contribution < 1.29 is 24.2 Å². The monoisotopic (exact) mass is 301 g/mol. The number of hydrogen-bond donors (Lipinski definition) is 3. The van der Waals surface area contributed by atoms with Crippen LogP contribution in [0.15, 0.2) is 0 Å². The third kappa shape index (κ3) is 5.07. The first-order chi connectivity index (χ1) is 10.0. The van der Waals surface area contributed by atoms with Gasteiger partial charge in [0.05, 0.1) is 6.04 Å². The Morgan fingerprint density at radius 2 is 2.05 bits per heavy atom. The Balaban J connectivity index is 2.57. The number of rotatable bonds is 7. The normalized spacial score (nSPS) is 19.4. The second kappa shape index (κ2) is 8.71. The second-order valence-corrected chi connectivity index (χ2v) is 5.03. The summed E-state index contributed by atoms with van der Waals surface area (Å²) in [6.07, 6.45) is 3.11. The minimum atomic E-state index is -1.02. The van der Waals surface area contributed by atoms with Gasteiger partial charge >= 0.3 is 11.9 Å². The fourth-order valence-corrected chi connectivity index (χ4v) is 2.33. The van der Waals surface area contributed by atoms with E-state index in [4.69, 9.17) is 16.6 Å². The molecule has 0 aromatic rings. The van der Waals surface area contributed by atoms with E-state index in [-0.39, 0.29) is 5.91 Å². The lowest BCUT2D eigenvalue weighted by Gasteiger charge is -2.25. The highest BCUT2D eigenvalue weighted by Crippen LogP contribution is 2.20. The molecular formula is C13H23N3O5. The SMILES string of the molecule is NCCCC[C@H](N)C(=O)N1CCC[C@H]1C(=O)OC(=O)CO. The molecule has 0 aromatic heterocycles. The average molecular weight is 301 g/mol. The fourth-order valence-electron chi connectivity index (χ4n) is 2.33. The molecule has 1 aliphatic heterocycles. The Hall–Kier alpha value is -1.51. The molecule has 0 unspecified atom stereocenters. The van der Waals surface area contributed by atoms with Gasteiger partial charge in [-0.25, -0.2) is 9.59 Å². The number of unbranched alkanes of at least 4 members (excludes halogenated alkanes) is 1. The van der Waals surface area contributed by atoms with Gasteiger partial charge in [-0.2, -0.15) is 0 Å². The van der Waals surface area contributed by atoms with Crippen LogP contribution in [0.3, 0.4) is 0 Å². The van der Waals surface area contributed by atoms with Gasteiger partial charge in [-0.3, -0.25) is 4.79 Å². The third-order valence-corrected chi connectivity index (χ3v) is 3.44. The van der Waals surface area contributed by atoms with Crippen molar-refractivity contribution in [2.45, 2.75) is 44.2 Å². The van der Waals surface area contributed by atoms with E-state index in [9.17, 15) is 14.4 Å². The molecule has 0 saturated carbocycles. The molecule has 8 heteroatoms. The Morgan fingerprint density at radius 1 is 1.33 bits per heavy atom. The van der Waals surface area contributed by atoms with Crippen molar-refractivity contribution in [1.29, 1.82) is 0 Å². The minimum absolute atomic E-state index is 0.317. The molecule has 1 rings (SSSR count). The number of esters is 2. The van der Waals surface area contributed by atoms with E-state index in [0.717, 1.165) is 12.8 Å². The summed E-state index contributed by atoms with van der Waals surface area (Å²) >= 11 is 0. The number of aliphatic hydroxyl groups excluding tert-OH is 1. The van der Waals surface area contributed by atoms with Crippen LogP contribution in [0.2, 0.25) is 0 Å². The smallest absolute Gasteiger partial charge is 0.339 e. The Labute approximate surface area is 123 Å². The van der Waals surface area contributed by atoms with Gasteiger partial charge in [-0.1, -0.05) is 6.42 Å². The molecule has 1 aliphatic rings. The molecular weight excluding hydrogens is 278 g/mol. The third-order valence-electron chi connectivity index (χ3n) is 3.44. The van der Waals surface area contributed by atoms with Crippen LogP contribution in [0, 0.1) is 0 Å². The van der Waals surface area contributed by atoms with Crippen molar-refractivity contribution in [3.8, 4) is 0 Å². The molecule has 1 heterocycles. The van der Waals surface area contributed by atoms with Crippen LogP contribution < -0.4 is 11.5 Å². The van der Waals surface area contributed by atoms with Gasteiger partial charge in [-0.05, 0) is 32.2 Å². The van der Waals surface area contributed by atoms with Crippen molar-refractivity contribution in [2.24, 2.45) is 11.5 Å². The Bertz CT molecular complexity index is 388. The molecule has 0 radical (unpaired) electrons. The van der Waals surface area contributed by atoms with Gasteiger partial charge in [-0.15, -0.1) is 0 Å². The summed E-state index contributed by atoms with van der Waals surface area (Å²) in [6.45, 7) is 0.0877. The van der Waals surface area contributed by atoms with E-state index in [1.807, 2.05) is 0 Å². The van der Waals surface area contributed by atoms with E-state index in [1.165, 1.54) is 4.90 Å². The number of likely N-dealkylation sites (tertiary alicyclic amines) is 1. The topological polar surface area (TPSA) is 136 Å². The summed E-state index contributed by atoms with van der Waals surface area (Å²) in [7, 11) is 0. The molecule has 2 atom stereocenters. The van der Waals surface area contributed by atoms with Gasteiger partial charge in [0.15, 0.2) is 0 Å². The van der Waals surface area contributed by atoms with Crippen molar-refractivity contribution in [2.75, 3.05) is 19.7 Å². The van der Waals surface area contributed by atoms with Crippen molar-refractivity contribution in [3.05, 3.63) is 0 Å². The number of nitrogens with zero attached hydrogens (tertiary/aromatic N) is 1. The number of hydrogen-bond acceptors (Lipinski definition) is 7. The highest BCUT2D eigenvalue weighted by Gasteiger charge is 2.37. The molecule has 0 aromatic carbocycles. The van der Waals surface area contributed by atoms with Gasteiger partial charge in [0.25, 0.3) is 0 Å². The van der Waals surface area contributed by atoms with Gasteiger partial charge in [0, 0.05) is 6.54 Å². The van der Waals surface area contributed by atoms with E-state index in [0.29, 0.717) is 32.4 Å². The Kier molecular flexibility index (Phi) is 7.27. The summed E-state index contributed by atoms with van der Waals surface area (Å²) in [6, 6.07) is -1.48. The van der Waals surface area contributed by atoms with Crippen LogP contribution in [0.25, 0.3) is 0 Å². The largest absolute Gasteiger partial charge is 0.390 e. The lowest BCUT2D eigenvalue weighted by Crippen LogP contribution is -2.49. The fraction of sp³-hybridized carbons (Fsp3) is 0.769. The van der Waals surface area contributed by atoms with Crippen LogP contribution in [0.4, 0.5) is 0 Å². The molecule has 0 spiro atoms. The van der Waals surface area contributed by atoms with Crippen LogP contribution >= 0.6 is 0 Å². The highest BCUT2D eigenvalue weighted by molar-refractivity contribution is 5.93. The number of aliphatic hydroxyl groups is 1. The maximum atomic E-state index is 12.2. The van der Waals surface area contributed by atoms with Crippen LogP contribution in [-0.4, -0.2) is 59.6 Å². The molecule has 0 bridgehead atoms. The highest BCUT2D eigenvalue weighted by atomic mass is 16.6. The van der Waals surface area contributed by atoms with Crippen LogP contribution in [-0.2, 0) is 19.1 Å². The standard InChI is InChI=1S/C13H23N3O5/c14-6-2-1-4-9(15)12(19)16-7-3-5-10(16)13(20)21-11(18)8-17/h9-10,17H,1-8,14-15H2/t9-,10-/m0/s1. The molecule has 120 valence electrons. The van der Waals surface area contributed by atoms with Gasteiger partial charge in [0.2, 0.25) is 5.91 Å². The number of nitrogens with two attached hydrogens (primary N) is 2. The number of carbonyl (C=O) groups is 3. The summed E-state index contributed by atoms with van der Waals surface area (Å²) in [4.78, 5) is 36.3. The van der Waals surface area contributed by atoms with Gasteiger partial charge in [0.1, 0.15) is 12.6 Å². The summed E-state index contributed by atoms with van der Waals surface area (Å²) in [5.74, 6) is -2.15. The predicted molar refractivity (Wildman–Crippen MR) is 73.8 cm³/mol. The zero-order valence-corrected chi connectivity index (χ0v) is 12.0. The first kappa shape index (κ1) is 17.5. The van der Waals surface area contributed by atoms with Crippen LogP contribution in [0.1, 0.15) is 32.1 Å². The van der Waals surface area contributed by atoms with Gasteiger partial charge < -0.3 is 26.2 Å². The average Bonchev–Trinajstić information content (AvgIpc) is 2.95.